The molecule has 0 aliphatic carbocycles. The van der Waals surface area contributed by atoms with Crippen molar-refractivity contribution in [1.82, 2.24) is 4.98 Å². The third-order valence-corrected chi connectivity index (χ3v) is 2.92. The van der Waals surface area contributed by atoms with Gasteiger partial charge in [0.15, 0.2) is 0 Å². The van der Waals surface area contributed by atoms with Crippen LogP contribution in [0.15, 0.2) is 24.3 Å². The summed E-state index contributed by atoms with van der Waals surface area (Å²) in [6, 6.07) is 7.98. The quantitative estimate of drug-likeness (QED) is 0.596. The molecular weight excluding hydrogens is 275 g/mol. The van der Waals surface area contributed by atoms with E-state index in [1.54, 1.807) is 0 Å². The van der Waals surface area contributed by atoms with E-state index in [2.05, 4.69) is 33.6 Å². The number of halogens is 1. The highest BCUT2D eigenvalue weighted by molar-refractivity contribution is 14.1. The maximum Gasteiger partial charge on any atom is 0.0944 e. The molecule has 0 amide bonds. The van der Waals surface area contributed by atoms with Crippen molar-refractivity contribution in [2.75, 3.05) is 5.73 Å². The van der Waals surface area contributed by atoms with E-state index in [1.165, 1.54) is 3.57 Å². The summed E-state index contributed by atoms with van der Waals surface area (Å²) in [4.78, 5) is 4.41. The van der Waals surface area contributed by atoms with Crippen LogP contribution in [0, 0.1) is 10.5 Å². The Labute approximate surface area is 90.3 Å². The maximum atomic E-state index is 5.83. The molecule has 0 fully saturated rings. The van der Waals surface area contributed by atoms with Crippen LogP contribution >= 0.6 is 22.6 Å². The van der Waals surface area contributed by atoms with Crippen molar-refractivity contribution < 1.29 is 0 Å². The van der Waals surface area contributed by atoms with Gasteiger partial charge in [-0.05, 0) is 53.8 Å². The average Bonchev–Trinajstić information content (AvgIpc) is 2.12. The summed E-state index contributed by atoms with van der Waals surface area (Å²) in [5, 5.41) is 1.13. The Bertz CT molecular complexity index is 466. The lowest BCUT2D eigenvalue weighted by Crippen LogP contribution is -1.92. The summed E-state index contributed by atoms with van der Waals surface area (Å²) >= 11 is 2.29. The lowest BCUT2D eigenvalue weighted by atomic mass is 10.2. The number of aryl methyl sites for hydroxylation is 1. The summed E-state index contributed by atoms with van der Waals surface area (Å²) < 4.78 is 1.19. The number of hydrogen-bond acceptors (Lipinski definition) is 2. The average molecular weight is 284 g/mol. The van der Waals surface area contributed by atoms with Gasteiger partial charge < -0.3 is 5.73 Å². The zero-order chi connectivity index (χ0) is 9.42. The number of nitrogens with two attached hydrogens (primary N) is 1. The largest absolute Gasteiger partial charge is 0.397 e. The predicted octanol–water partition coefficient (Wildman–Crippen LogP) is 2.73. The van der Waals surface area contributed by atoms with Crippen LogP contribution in [-0.2, 0) is 0 Å². The van der Waals surface area contributed by atoms with E-state index < -0.39 is 0 Å². The molecule has 0 saturated carbocycles. The number of hydrogen-bond donors (Lipinski definition) is 1. The van der Waals surface area contributed by atoms with Gasteiger partial charge in [0.1, 0.15) is 0 Å². The number of nitrogens with zero attached hydrogens (tertiary/aromatic N) is 1. The second-order valence-corrected chi connectivity index (χ2v) is 4.15. The summed E-state index contributed by atoms with van der Waals surface area (Å²) in [7, 11) is 0. The number of benzene rings is 1. The fourth-order valence-corrected chi connectivity index (χ4v) is 1.92. The molecule has 2 nitrogen and oxygen atoms in total. The van der Waals surface area contributed by atoms with Crippen LogP contribution in [0.4, 0.5) is 5.69 Å². The Morgan fingerprint density at radius 3 is 2.77 bits per heavy atom. The van der Waals surface area contributed by atoms with Gasteiger partial charge >= 0.3 is 0 Å². The number of nitrogen functional groups attached to an aromatic ring is 1. The molecule has 2 rings (SSSR count). The third kappa shape index (κ3) is 1.48. The topological polar surface area (TPSA) is 38.9 Å². The molecular formula is C10H9IN2. The Morgan fingerprint density at radius 1 is 1.23 bits per heavy atom. The molecule has 2 aromatic rings. The lowest BCUT2D eigenvalue weighted by Gasteiger charge is -2.03. The molecule has 3 heteroatoms. The van der Waals surface area contributed by atoms with Crippen LogP contribution in [-0.4, -0.2) is 4.98 Å². The van der Waals surface area contributed by atoms with Gasteiger partial charge in [-0.1, -0.05) is 0 Å². The van der Waals surface area contributed by atoms with E-state index in [-0.39, 0.29) is 0 Å². The summed E-state index contributed by atoms with van der Waals surface area (Å²) in [6.45, 7) is 1.97. The molecule has 0 bridgehead atoms. The Kier molecular flexibility index (Phi) is 2.11. The van der Waals surface area contributed by atoms with Crippen molar-refractivity contribution in [1.29, 1.82) is 0 Å². The first-order valence-electron chi connectivity index (χ1n) is 4.00. The minimum Gasteiger partial charge on any atom is -0.397 e. The molecule has 2 N–H and O–H groups in total. The molecule has 66 valence electrons. The van der Waals surface area contributed by atoms with Crippen LogP contribution in [0.1, 0.15) is 5.69 Å². The van der Waals surface area contributed by atoms with Crippen molar-refractivity contribution in [2.45, 2.75) is 6.92 Å². The molecule has 0 unspecified atom stereocenters. The predicted molar refractivity (Wildman–Crippen MR) is 63.6 cm³/mol. The van der Waals surface area contributed by atoms with Gasteiger partial charge in [-0.3, -0.25) is 4.98 Å². The Hall–Kier alpha value is -0.840. The highest BCUT2D eigenvalue weighted by Crippen LogP contribution is 2.24. The minimum absolute atomic E-state index is 0.749. The van der Waals surface area contributed by atoms with E-state index in [0.29, 0.717) is 0 Å². The third-order valence-electron chi connectivity index (χ3n) is 1.97. The van der Waals surface area contributed by atoms with Crippen LogP contribution in [0.5, 0.6) is 0 Å². The minimum atomic E-state index is 0.749. The first-order valence-corrected chi connectivity index (χ1v) is 5.07. The van der Waals surface area contributed by atoms with Gasteiger partial charge in [-0.15, -0.1) is 0 Å². The van der Waals surface area contributed by atoms with Crippen molar-refractivity contribution in [3.8, 4) is 0 Å². The number of rotatable bonds is 0. The van der Waals surface area contributed by atoms with Crippen LogP contribution < -0.4 is 5.73 Å². The van der Waals surface area contributed by atoms with Crippen LogP contribution in [0.3, 0.4) is 0 Å². The van der Waals surface area contributed by atoms with Gasteiger partial charge in [0.2, 0.25) is 0 Å². The van der Waals surface area contributed by atoms with Gasteiger partial charge in [-0.25, -0.2) is 0 Å². The zero-order valence-corrected chi connectivity index (χ0v) is 9.37. The SMILES string of the molecule is Cc1ccc2c(I)ccc(N)c2n1. The Morgan fingerprint density at radius 2 is 2.00 bits per heavy atom. The standard InChI is InChI=1S/C10H9IN2/c1-6-2-3-7-8(11)4-5-9(12)10(7)13-6/h2-5H,12H2,1H3. The fourth-order valence-electron chi connectivity index (χ4n) is 1.30. The van der Waals surface area contributed by atoms with Gasteiger partial charge in [-0.2, -0.15) is 0 Å². The number of anilines is 1. The van der Waals surface area contributed by atoms with E-state index in [1.807, 2.05) is 25.1 Å². The van der Waals surface area contributed by atoms with Crippen LogP contribution in [0.2, 0.25) is 0 Å². The molecule has 1 aromatic carbocycles. The molecule has 0 saturated heterocycles. The fraction of sp³-hybridized carbons (Fsp3) is 0.100. The van der Waals surface area contributed by atoms with Gasteiger partial charge in [0.25, 0.3) is 0 Å². The summed E-state index contributed by atoms with van der Waals surface area (Å²) in [6.07, 6.45) is 0. The van der Waals surface area contributed by atoms with E-state index >= 15 is 0 Å². The second kappa shape index (κ2) is 3.14. The number of fused-ring (bicyclic) bond motifs is 1. The van der Waals surface area contributed by atoms with Gasteiger partial charge in [0.05, 0.1) is 11.2 Å². The molecule has 1 heterocycles. The first-order chi connectivity index (χ1) is 6.18. The van der Waals surface area contributed by atoms with Crippen molar-refractivity contribution in [2.24, 2.45) is 0 Å². The summed E-state index contributed by atoms with van der Waals surface area (Å²) in [5.74, 6) is 0. The van der Waals surface area contributed by atoms with Crippen LogP contribution in [0.25, 0.3) is 10.9 Å². The second-order valence-electron chi connectivity index (χ2n) is 2.99. The Balaban J connectivity index is 2.92. The zero-order valence-electron chi connectivity index (χ0n) is 7.21. The molecule has 0 radical (unpaired) electrons. The first kappa shape index (κ1) is 8.74. The normalized spacial score (nSPS) is 10.6. The van der Waals surface area contributed by atoms with Crippen molar-refractivity contribution in [3.63, 3.8) is 0 Å². The molecule has 13 heavy (non-hydrogen) atoms. The maximum absolute atomic E-state index is 5.83. The monoisotopic (exact) mass is 284 g/mol. The molecule has 1 aromatic heterocycles. The highest BCUT2D eigenvalue weighted by atomic mass is 127. The van der Waals surface area contributed by atoms with Crippen molar-refractivity contribution in [3.05, 3.63) is 33.5 Å². The lowest BCUT2D eigenvalue weighted by molar-refractivity contribution is 1.25. The van der Waals surface area contributed by atoms with E-state index in [4.69, 9.17) is 5.73 Å². The van der Waals surface area contributed by atoms with E-state index in [9.17, 15) is 0 Å². The smallest absolute Gasteiger partial charge is 0.0944 e. The molecule has 0 atom stereocenters. The number of pyridine rings is 1. The number of aromatic nitrogens is 1. The van der Waals surface area contributed by atoms with Gasteiger partial charge in [0, 0.05) is 14.7 Å². The van der Waals surface area contributed by atoms with E-state index in [0.717, 1.165) is 22.3 Å². The highest BCUT2D eigenvalue weighted by Gasteiger charge is 2.02. The van der Waals surface area contributed by atoms with Crippen molar-refractivity contribution >= 4 is 39.2 Å². The molecule has 0 aliphatic rings. The molecule has 0 aliphatic heterocycles. The molecule has 0 spiro atoms. The summed E-state index contributed by atoms with van der Waals surface area (Å²) in [5.41, 5.74) is 8.49.